The standard InChI is InChI=1S/C10H16N4O3/c1-6(2)14-5-7(4-12-14)13-10(17)8(11)3-9(15)16/h4-6,8H,3,11H2,1-2H3,(H,13,17)(H,15,16). The fourth-order valence-electron chi connectivity index (χ4n) is 1.20. The molecule has 0 bridgehead atoms. The van der Waals surface area contributed by atoms with Gasteiger partial charge in [0.1, 0.15) is 0 Å². The number of aliphatic carboxylic acids is 1. The number of nitrogens with one attached hydrogen (secondary N) is 1. The van der Waals surface area contributed by atoms with Crippen molar-refractivity contribution in [1.82, 2.24) is 9.78 Å². The molecule has 17 heavy (non-hydrogen) atoms. The van der Waals surface area contributed by atoms with E-state index in [4.69, 9.17) is 10.8 Å². The lowest BCUT2D eigenvalue weighted by atomic mass is 10.2. The number of hydrogen-bond donors (Lipinski definition) is 3. The van der Waals surface area contributed by atoms with E-state index in [0.717, 1.165) is 0 Å². The largest absolute Gasteiger partial charge is 0.481 e. The molecule has 0 aliphatic rings. The Hall–Kier alpha value is -1.89. The number of carboxylic acids is 1. The zero-order chi connectivity index (χ0) is 13.0. The van der Waals surface area contributed by atoms with Crippen LogP contribution in [0.4, 0.5) is 5.69 Å². The van der Waals surface area contributed by atoms with E-state index < -0.39 is 24.3 Å². The molecule has 0 fully saturated rings. The van der Waals surface area contributed by atoms with Crippen molar-refractivity contribution in [2.75, 3.05) is 5.32 Å². The maximum absolute atomic E-state index is 11.5. The number of nitrogens with zero attached hydrogens (tertiary/aromatic N) is 2. The van der Waals surface area contributed by atoms with E-state index in [0.29, 0.717) is 5.69 Å². The number of carbonyl (C=O) groups excluding carboxylic acids is 1. The number of carboxylic acid groups (broad SMARTS) is 1. The number of anilines is 1. The predicted molar refractivity (Wildman–Crippen MR) is 61.5 cm³/mol. The molecular weight excluding hydrogens is 224 g/mol. The number of amides is 1. The van der Waals surface area contributed by atoms with Gasteiger partial charge in [-0.25, -0.2) is 0 Å². The molecule has 0 aliphatic carbocycles. The monoisotopic (exact) mass is 240 g/mol. The first-order chi connectivity index (χ1) is 7.90. The first kappa shape index (κ1) is 13.2. The Morgan fingerprint density at radius 3 is 2.71 bits per heavy atom. The summed E-state index contributed by atoms with van der Waals surface area (Å²) >= 11 is 0. The number of hydrogen-bond acceptors (Lipinski definition) is 4. The molecule has 1 amide bonds. The maximum atomic E-state index is 11.5. The van der Waals surface area contributed by atoms with Crippen molar-refractivity contribution in [2.24, 2.45) is 5.73 Å². The summed E-state index contributed by atoms with van der Waals surface area (Å²) in [5.41, 5.74) is 5.92. The molecule has 1 aromatic rings. The minimum Gasteiger partial charge on any atom is -0.481 e. The smallest absolute Gasteiger partial charge is 0.305 e. The summed E-state index contributed by atoms with van der Waals surface area (Å²) in [6.07, 6.45) is 2.76. The summed E-state index contributed by atoms with van der Waals surface area (Å²) in [4.78, 5) is 21.9. The molecule has 1 heterocycles. The van der Waals surface area contributed by atoms with Crippen LogP contribution in [0.3, 0.4) is 0 Å². The van der Waals surface area contributed by atoms with Gasteiger partial charge in [-0.3, -0.25) is 14.3 Å². The Balaban J connectivity index is 2.58. The summed E-state index contributed by atoms with van der Waals surface area (Å²) in [5, 5.41) is 15.0. The lowest BCUT2D eigenvalue weighted by molar-refractivity contribution is -0.138. The number of nitrogens with two attached hydrogens (primary N) is 1. The van der Waals surface area contributed by atoms with Crippen molar-refractivity contribution >= 4 is 17.6 Å². The van der Waals surface area contributed by atoms with Crippen LogP contribution in [-0.4, -0.2) is 32.8 Å². The highest BCUT2D eigenvalue weighted by Gasteiger charge is 2.17. The van der Waals surface area contributed by atoms with Crippen LogP contribution < -0.4 is 11.1 Å². The minimum absolute atomic E-state index is 0.188. The first-order valence-corrected chi connectivity index (χ1v) is 5.22. The Kier molecular flexibility index (Phi) is 4.22. The van der Waals surface area contributed by atoms with Gasteiger partial charge in [-0.15, -0.1) is 0 Å². The fraction of sp³-hybridized carbons (Fsp3) is 0.500. The van der Waals surface area contributed by atoms with Gasteiger partial charge in [-0.05, 0) is 13.8 Å². The third-order valence-electron chi connectivity index (χ3n) is 2.13. The second kappa shape index (κ2) is 5.44. The van der Waals surface area contributed by atoms with Crippen molar-refractivity contribution in [3.63, 3.8) is 0 Å². The Bertz CT molecular complexity index is 413. The Morgan fingerprint density at radius 2 is 2.24 bits per heavy atom. The highest BCUT2D eigenvalue weighted by atomic mass is 16.4. The number of rotatable bonds is 5. The van der Waals surface area contributed by atoms with Crippen LogP contribution in [0.25, 0.3) is 0 Å². The molecule has 0 saturated heterocycles. The van der Waals surface area contributed by atoms with Gasteiger partial charge in [0.05, 0.1) is 24.3 Å². The molecular formula is C10H16N4O3. The topological polar surface area (TPSA) is 110 Å². The quantitative estimate of drug-likeness (QED) is 0.681. The third-order valence-corrected chi connectivity index (χ3v) is 2.13. The van der Waals surface area contributed by atoms with Gasteiger partial charge in [0.25, 0.3) is 0 Å². The molecule has 1 aromatic heterocycles. The fourth-order valence-corrected chi connectivity index (χ4v) is 1.20. The lowest BCUT2D eigenvalue weighted by Gasteiger charge is -2.08. The summed E-state index contributed by atoms with van der Waals surface area (Å²) in [6.45, 7) is 3.91. The van der Waals surface area contributed by atoms with E-state index in [1.54, 1.807) is 10.9 Å². The molecule has 0 radical (unpaired) electrons. The minimum atomic E-state index is -1.11. The van der Waals surface area contributed by atoms with Crippen molar-refractivity contribution in [2.45, 2.75) is 32.4 Å². The van der Waals surface area contributed by atoms with Crippen LogP contribution in [0, 0.1) is 0 Å². The predicted octanol–water partition coefficient (Wildman–Crippen LogP) is 0.204. The molecule has 94 valence electrons. The molecule has 0 aliphatic heterocycles. The van der Waals surface area contributed by atoms with Gasteiger partial charge >= 0.3 is 5.97 Å². The average Bonchev–Trinajstić information content (AvgIpc) is 2.65. The molecule has 0 saturated carbocycles. The molecule has 0 spiro atoms. The van der Waals surface area contributed by atoms with E-state index in [9.17, 15) is 9.59 Å². The lowest BCUT2D eigenvalue weighted by Crippen LogP contribution is -2.37. The van der Waals surface area contributed by atoms with Crippen molar-refractivity contribution in [1.29, 1.82) is 0 Å². The molecule has 4 N–H and O–H groups in total. The normalized spacial score (nSPS) is 12.5. The van der Waals surface area contributed by atoms with Gasteiger partial charge in [0, 0.05) is 12.2 Å². The maximum Gasteiger partial charge on any atom is 0.305 e. The SMILES string of the molecule is CC(C)n1cc(NC(=O)C(N)CC(=O)O)cn1. The average molecular weight is 240 g/mol. The van der Waals surface area contributed by atoms with Gasteiger partial charge in [-0.1, -0.05) is 0 Å². The van der Waals surface area contributed by atoms with Crippen LogP contribution in [0.15, 0.2) is 12.4 Å². The molecule has 7 heteroatoms. The van der Waals surface area contributed by atoms with Crippen molar-refractivity contribution in [3.8, 4) is 0 Å². The van der Waals surface area contributed by atoms with E-state index in [-0.39, 0.29) is 6.04 Å². The zero-order valence-electron chi connectivity index (χ0n) is 9.75. The molecule has 1 unspecified atom stereocenters. The zero-order valence-corrected chi connectivity index (χ0v) is 9.75. The molecule has 0 aromatic carbocycles. The second-order valence-corrected chi connectivity index (χ2v) is 4.00. The highest BCUT2D eigenvalue weighted by molar-refractivity contribution is 5.96. The summed E-state index contributed by atoms with van der Waals surface area (Å²) in [6, 6.07) is -0.872. The second-order valence-electron chi connectivity index (χ2n) is 4.00. The van der Waals surface area contributed by atoms with Crippen LogP contribution in [0.1, 0.15) is 26.3 Å². The molecule has 1 rings (SSSR count). The van der Waals surface area contributed by atoms with E-state index >= 15 is 0 Å². The summed E-state index contributed by atoms with van der Waals surface area (Å²) in [7, 11) is 0. The van der Waals surface area contributed by atoms with Crippen LogP contribution in [0.2, 0.25) is 0 Å². The van der Waals surface area contributed by atoms with E-state index in [1.807, 2.05) is 13.8 Å². The van der Waals surface area contributed by atoms with Crippen LogP contribution in [-0.2, 0) is 9.59 Å². The van der Waals surface area contributed by atoms with Gasteiger partial charge < -0.3 is 16.2 Å². The first-order valence-electron chi connectivity index (χ1n) is 5.22. The van der Waals surface area contributed by atoms with E-state index in [1.165, 1.54) is 6.20 Å². The highest BCUT2D eigenvalue weighted by Crippen LogP contribution is 2.10. The summed E-state index contributed by atoms with van der Waals surface area (Å²) in [5.74, 6) is -1.64. The molecule has 1 atom stereocenters. The van der Waals surface area contributed by atoms with Gasteiger partial charge in [-0.2, -0.15) is 5.10 Å². The van der Waals surface area contributed by atoms with Gasteiger partial charge in [0.2, 0.25) is 5.91 Å². The Labute approximate surface area is 98.6 Å². The van der Waals surface area contributed by atoms with Gasteiger partial charge in [0.15, 0.2) is 0 Å². The van der Waals surface area contributed by atoms with Crippen LogP contribution >= 0.6 is 0 Å². The Morgan fingerprint density at radius 1 is 1.59 bits per heavy atom. The number of aromatic nitrogens is 2. The van der Waals surface area contributed by atoms with E-state index in [2.05, 4.69) is 10.4 Å². The van der Waals surface area contributed by atoms with Crippen LogP contribution in [0.5, 0.6) is 0 Å². The third kappa shape index (κ3) is 3.87. The molecule has 7 nitrogen and oxygen atoms in total. The van der Waals surface area contributed by atoms with Crippen molar-refractivity contribution < 1.29 is 14.7 Å². The van der Waals surface area contributed by atoms with Crippen molar-refractivity contribution in [3.05, 3.63) is 12.4 Å². The number of carbonyl (C=O) groups is 2. The summed E-state index contributed by atoms with van der Waals surface area (Å²) < 4.78 is 1.68.